The molecule has 2 N–H and O–H groups in total. The Labute approximate surface area is 107 Å². The molecule has 1 aromatic heterocycles. The van der Waals surface area contributed by atoms with Crippen molar-refractivity contribution in [1.29, 1.82) is 0 Å². The van der Waals surface area contributed by atoms with Gasteiger partial charge in [-0.05, 0) is 45.4 Å². The Kier molecular flexibility index (Phi) is 3.11. The smallest absolute Gasteiger partial charge is 0.229 e. The molecule has 2 aliphatic rings. The molecule has 5 heteroatoms. The van der Waals surface area contributed by atoms with Gasteiger partial charge in [0.15, 0.2) is 0 Å². The second kappa shape index (κ2) is 4.63. The molecule has 3 atom stereocenters. The molecule has 18 heavy (non-hydrogen) atoms. The number of rotatable bonds is 2. The van der Waals surface area contributed by atoms with Crippen molar-refractivity contribution in [3.63, 3.8) is 0 Å². The molecule has 2 heterocycles. The maximum atomic E-state index is 5.92. The summed E-state index contributed by atoms with van der Waals surface area (Å²) in [5.74, 6) is 1.79. The van der Waals surface area contributed by atoms with Crippen LogP contribution in [0.1, 0.15) is 63.1 Å². The van der Waals surface area contributed by atoms with Gasteiger partial charge in [-0.3, -0.25) is 0 Å². The van der Waals surface area contributed by atoms with E-state index in [0.717, 1.165) is 51.0 Å². The molecule has 1 saturated heterocycles. The van der Waals surface area contributed by atoms with Crippen LogP contribution in [0.25, 0.3) is 0 Å². The molecular formula is C13H21N3O2. The molecule has 1 saturated carbocycles. The average molecular weight is 251 g/mol. The molecule has 1 unspecified atom stereocenters. The van der Waals surface area contributed by atoms with Gasteiger partial charge in [0.1, 0.15) is 5.60 Å². The zero-order chi connectivity index (χ0) is 12.6. The van der Waals surface area contributed by atoms with E-state index in [9.17, 15) is 0 Å². The van der Waals surface area contributed by atoms with Crippen molar-refractivity contribution in [1.82, 2.24) is 10.1 Å². The Bertz CT molecular complexity index is 412. The standard InChI is InChI=1S/C13H21N3O2/c1-13(6-2-3-7-17-13)12-15-11(18-16-12)9-4-5-10(14)8-9/h9-10H,2-8,14H2,1H3/t9-,10+,13?/m1/s1. The summed E-state index contributed by atoms with van der Waals surface area (Å²) in [6.45, 7) is 2.84. The number of ether oxygens (including phenoxy) is 1. The summed E-state index contributed by atoms with van der Waals surface area (Å²) >= 11 is 0. The molecule has 100 valence electrons. The third kappa shape index (κ3) is 2.17. The van der Waals surface area contributed by atoms with E-state index < -0.39 is 0 Å². The van der Waals surface area contributed by atoms with Gasteiger partial charge in [0.05, 0.1) is 0 Å². The fraction of sp³-hybridized carbons (Fsp3) is 0.846. The Morgan fingerprint density at radius 2 is 2.22 bits per heavy atom. The van der Waals surface area contributed by atoms with E-state index in [-0.39, 0.29) is 11.6 Å². The highest BCUT2D eigenvalue weighted by Crippen LogP contribution is 2.36. The van der Waals surface area contributed by atoms with E-state index in [0.29, 0.717) is 11.7 Å². The first-order valence-electron chi connectivity index (χ1n) is 6.91. The fourth-order valence-electron chi connectivity index (χ4n) is 2.97. The van der Waals surface area contributed by atoms with Gasteiger partial charge in [-0.15, -0.1) is 0 Å². The van der Waals surface area contributed by atoms with E-state index in [2.05, 4.69) is 17.1 Å². The number of hydrogen-bond acceptors (Lipinski definition) is 5. The van der Waals surface area contributed by atoms with Gasteiger partial charge < -0.3 is 15.0 Å². The largest absolute Gasteiger partial charge is 0.367 e. The Hall–Kier alpha value is -0.940. The number of nitrogens with zero attached hydrogens (tertiary/aromatic N) is 2. The highest BCUT2D eigenvalue weighted by molar-refractivity contribution is 5.05. The first kappa shape index (κ1) is 12.1. The van der Waals surface area contributed by atoms with Gasteiger partial charge in [0, 0.05) is 18.6 Å². The van der Waals surface area contributed by atoms with Gasteiger partial charge >= 0.3 is 0 Å². The predicted octanol–water partition coefficient (Wildman–Crippen LogP) is 2.08. The number of nitrogens with two attached hydrogens (primary N) is 1. The van der Waals surface area contributed by atoms with Crippen LogP contribution < -0.4 is 5.73 Å². The second-order valence-electron chi connectivity index (χ2n) is 5.76. The summed E-state index contributed by atoms with van der Waals surface area (Å²) in [4.78, 5) is 4.56. The van der Waals surface area contributed by atoms with Crippen LogP contribution in [0.2, 0.25) is 0 Å². The van der Waals surface area contributed by atoms with E-state index in [1.54, 1.807) is 0 Å². The summed E-state index contributed by atoms with van der Waals surface area (Å²) < 4.78 is 11.3. The van der Waals surface area contributed by atoms with Crippen LogP contribution in [0.15, 0.2) is 4.52 Å². The Morgan fingerprint density at radius 3 is 2.89 bits per heavy atom. The lowest BCUT2D eigenvalue weighted by Gasteiger charge is -2.30. The van der Waals surface area contributed by atoms with Crippen LogP contribution in [0.5, 0.6) is 0 Å². The van der Waals surface area contributed by atoms with Crippen LogP contribution in [0.3, 0.4) is 0 Å². The molecule has 0 radical (unpaired) electrons. The topological polar surface area (TPSA) is 74.2 Å². The minimum atomic E-state index is -0.360. The van der Waals surface area contributed by atoms with Crippen molar-refractivity contribution in [2.75, 3.05) is 6.61 Å². The summed E-state index contributed by atoms with van der Waals surface area (Å²) in [7, 11) is 0. The molecule has 1 aliphatic heterocycles. The zero-order valence-electron chi connectivity index (χ0n) is 10.9. The lowest BCUT2D eigenvalue weighted by molar-refractivity contribution is -0.0770. The Morgan fingerprint density at radius 1 is 1.33 bits per heavy atom. The van der Waals surface area contributed by atoms with Gasteiger partial charge in [0.2, 0.25) is 11.7 Å². The molecule has 2 fully saturated rings. The van der Waals surface area contributed by atoms with E-state index in [4.69, 9.17) is 15.0 Å². The van der Waals surface area contributed by atoms with Gasteiger partial charge in [-0.2, -0.15) is 4.98 Å². The minimum absolute atomic E-state index is 0.284. The molecule has 3 rings (SSSR count). The highest BCUT2D eigenvalue weighted by atomic mass is 16.5. The molecule has 0 amide bonds. The zero-order valence-corrected chi connectivity index (χ0v) is 10.9. The number of aromatic nitrogens is 2. The maximum Gasteiger partial charge on any atom is 0.229 e. The average Bonchev–Trinajstić information content (AvgIpc) is 2.98. The van der Waals surface area contributed by atoms with E-state index in [1.807, 2.05) is 0 Å². The van der Waals surface area contributed by atoms with Crippen molar-refractivity contribution in [3.05, 3.63) is 11.7 Å². The lowest BCUT2D eigenvalue weighted by Crippen LogP contribution is -2.31. The van der Waals surface area contributed by atoms with Gasteiger partial charge in [-0.1, -0.05) is 5.16 Å². The third-order valence-electron chi connectivity index (χ3n) is 4.21. The molecule has 1 aromatic rings. The van der Waals surface area contributed by atoms with Gasteiger partial charge in [0.25, 0.3) is 0 Å². The molecule has 0 aromatic carbocycles. The van der Waals surface area contributed by atoms with E-state index >= 15 is 0 Å². The second-order valence-corrected chi connectivity index (χ2v) is 5.76. The first-order chi connectivity index (χ1) is 8.67. The Balaban J connectivity index is 1.76. The summed E-state index contributed by atoms with van der Waals surface area (Å²) in [5.41, 5.74) is 5.56. The summed E-state index contributed by atoms with van der Waals surface area (Å²) in [6, 6.07) is 0.284. The van der Waals surface area contributed by atoms with Crippen molar-refractivity contribution in [3.8, 4) is 0 Å². The van der Waals surface area contributed by atoms with Crippen molar-refractivity contribution >= 4 is 0 Å². The molecule has 0 bridgehead atoms. The first-order valence-corrected chi connectivity index (χ1v) is 6.91. The van der Waals surface area contributed by atoms with E-state index in [1.165, 1.54) is 0 Å². The quantitative estimate of drug-likeness (QED) is 0.871. The molecule has 1 aliphatic carbocycles. The number of hydrogen-bond donors (Lipinski definition) is 1. The van der Waals surface area contributed by atoms with Crippen LogP contribution >= 0.6 is 0 Å². The SMILES string of the molecule is CC1(c2noc([C@@H]3CC[C@H](N)C3)n2)CCCCO1. The van der Waals surface area contributed by atoms with Crippen molar-refractivity contribution in [2.24, 2.45) is 5.73 Å². The van der Waals surface area contributed by atoms with Gasteiger partial charge in [-0.25, -0.2) is 0 Å². The van der Waals surface area contributed by atoms with Crippen molar-refractivity contribution < 1.29 is 9.26 Å². The lowest BCUT2D eigenvalue weighted by atomic mass is 9.95. The highest BCUT2D eigenvalue weighted by Gasteiger charge is 2.36. The molecular weight excluding hydrogens is 230 g/mol. The monoisotopic (exact) mass is 251 g/mol. The summed E-state index contributed by atoms with van der Waals surface area (Å²) in [6.07, 6.45) is 6.32. The van der Waals surface area contributed by atoms with Crippen LogP contribution in [-0.2, 0) is 10.3 Å². The van der Waals surface area contributed by atoms with Crippen LogP contribution in [-0.4, -0.2) is 22.8 Å². The third-order valence-corrected chi connectivity index (χ3v) is 4.21. The maximum absolute atomic E-state index is 5.92. The van der Waals surface area contributed by atoms with Crippen LogP contribution in [0, 0.1) is 0 Å². The predicted molar refractivity (Wildman–Crippen MR) is 66.0 cm³/mol. The summed E-state index contributed by atoms with van der Waals surface area (Å²) in [5, 5.41) is 4.13. The van der Waals surface area contributed by atoms with Crippen LogP contribution in [0.4, 0.5) is 0 Å². The molecule has 0 spiro atoms. The normalized spacial score (nSPS) is 37.0. The van der Waals surface area contributed by atoms with Crippen molar-refractivity contribution in [2.45, 2.75) is 63.0 Å². The fourth-order valence-corrected chi connectivity index (χ4v) is 2.97. The molecule has 5 nitrogen and oxygen atoms in total. The minimum Gasteiger partial charge on any atom is -0.367 e.